The van der Waals surface area contributed by atoms with Crippen molar-refractivity contribution in [3.05, 3.63) is 69.4 Å². The fourth-order valence-electron chi connectivity index (χ4n) is 6.07. The minimum absolute atomic E-state index is 0.214. The first-order valence-electron chi connectivity index (χ1n) is 21.3. The van der Waals surface area contributed by atoms with Crippen molar-refractivity contribution in [3.8, 4) is 22.5 Å². The van der Waals surface area contributed by atoms with Gasteiger partial charge < -0.3 is 9.47 Å². The average Bonchev–Trinajstić information content (AvgIpc) is 3.82. The van der Waals surface area contributed by atoms with Crippen LogP contribution in [0.3, 0.4) is 0 Å². The number of sulfonamides is 2. The van der Waals surface area contributed by atoms with Gasteiger partial charge in [0.05, 0.1) is 32.8 Å². The maximum Gasteiger partial charge on any atom is 0.219 e. The Labute approximate surface area is 422 Å². The van der Waals surface area contributed by atoms with Gasteiger partial charge in [0.25, 0.3) is 0 Å². The molecule has 16 nitrogen and oxygen atoms in total. The summed E-state index contributed by atoms with van der Waals surface area (Å²) in [6, 6.07) is 17.4. The standard InChI is InChI=1S/C21H30ClN5O3S2Si.C18H22Cl2N4OSSi.C3H9NO2S/c1-26(2)32(28,29)13-17-18-19(15-9-6-7-10-16(15)22)25-27(14-30-11-8-12-33(4)5)20(18)24-21(23-17)31-3;1-26-18-21-16(20)14-15(12-7-4-5-8-13(12)19)23-24(17(14)22-18)11-25-9-6-10-27(2)3;1-4(2)7(3,5)6/h6-7,9-10,33H,8,11-14H2,1-5H3;4-5,7-8,27H,6,9-11H2,1-3H3;1-3H3. The van der Waals surface area contributed by atoms with Crippen LogP contribution in [0.1, 0.15) is 18.5 Å². The van der Waals surface area contributed by atoms with Crippen LogP contribution in [-0.4, -0.2) is 143 Å². The SMILES string of the molecule is CN(C)S(C)(=O)=O.CSc1nc(CS(=O)(=O)N(C)C)c2c(-c3ccccc3Cl)nn(COCCC[SiH](C)C)c2n1.CSc1nc(Cl)c2c(-c3ccccc3Cl)nn(COCCC[SiH](C)C)c2n1. The van der Waals surface area contributed by atoms with Crippen LogP contribution in [-0.2, 0) is 48.7 Å². The molecule has 0 unspecified atom stereocenters. The second-order valence-corrected chi connectivity index (χ2v) is 30.3. The summed E-state index contributed by atoms with van der Waals surface area (Å²) >= 11 is 22.2. The molecule has 0 bridgehead atoms. The molecule has 0 fully saturated rings. The molecular weight excluding hydrogens is 1030 g/mol. The van der Waals surface area contributed by atoms with E-state index in [0.717, 1.165) is 29.0 Å². The smallest absolute Gasteiger partial charge is 0.219 e. The number of ether oxygens (including phenoxy) is 2. The topological polar surface area (TPSA) is 180 Å². The van der Waals surface area contributed by atoms with Crippen LogP contribution in [0, 0.1) is 0 Å². The molecule has 0 saturated heterocycles. The van der Waals surface area contributed by atoms with Crippen LogP contribution in [0.2, 0.25) is 53.5 Å². The number of fused-ring (bicyclic) bond motifs is 2. The fraction of sp³-hybridized carbons (Fsp3) is 0.476. The predicted octanol–water partition coefficient (Wildman–Crippen LogP) is 8.99. The number of nitrogens with zero attached hydrogens (tertiary/aromatic N) is 10. The van der Waals surface area contributed by atoms with Gasteiger partial charge in [-0.3, -0.25) is 0 Å². The third kappa shape index (κ3) is 16.4. The molecule has 2 aromatic carbocycles. The lowest BCUT2D eigenvalue weighted by Crippen LogP contribution is -2.24. The van der Waals surface area contributed by atoms with Gasteiger partial charge in [-0.25, -0.2) is 54.7 Å². The summed E-state index contributed by atoms with van der Waals surface area (Å²) in [4.78, 5) is 18.2. The van der Waals surface area contributed by atoms with Crippen molar-refractivity contribution in [2.24, 2.45) is 0 Å². The Hall–Kier alpha value is -2.72. The van der Waals surface area contributed by atoms with Crippen molar-refractivity contribution in [1.29, 1.82) is 0 Å². The first-order chi connectivity index (χ1) is 31.6. The highest BCUT2D eigenvalue weighted by Crippen LogP contribution is 2.37. The quantitative estimate of drug-likeness (QED) is 0.0232. The number of benzene rings is 2. The minimum atomic E-state index is -3.56. The molecule has 0 aliphatic rings. The van der Waals surface area contributed by atoms with E-state index >= 15 is 0 Å². The molecule has 25 heteroatoms. The Morgan fingerprint density at radius 2 is 1.06 bits per heavy atom. The zero-order valence-corrected chi connectivity index (χ0v) is 47.7. The van der Waals surface area contributed by atoms with Crippen molar-refractivity contribution in [1.82, 2.24) is 48.1 Å². The fourth-order valence-corrected chi connectivity index (χ4v) is 10.3. The third-order valence-electron chi connectivity index (χ3n) is 9.90. The molecule has 0 amide bonds. The van der Waals surface area contributed by atoms with Crippen LogP contribution in [0.25, 0.3) is 44.6 Å². The molecule has 4 heterocycles. The van der Waals surface area contributed by atoms with Crippen LogP contribution < -0.4 is 0 Å². The van der Waals surface area contributed by atoms with Gasteiger partial charge in [-0.2, -0.15) is 10.2 Å². The lowest BCUT2D eigenvalue weighted by Gasteiger charge is -2.12. The van der Waals surface area contributed by atoms with Gasteiger partial charge in [-0.15, -0.1) is 0 Å². The number of hydrogen-bond acceptors (Lipinski definition) is 14. The van der Waals surface area contributed by atoms with Gasteiger partial charge in [-0.1, -0.05) is 133 Å². The largest absolute Gasteiger partial charge is 0.359 e. The number of rotatable bonds is 20. The number of thioether (sulfide) groups is 2. The molecule has 0 aliphatic heterocycles. The lowest BCUT2D eigenvalue weighted by atomic mass is 10.1. The van der Waals surface area contributed by atoms with E-state index in [1.807, 2.05) is 55.0 Å². The lowest BCUT2D eigenvalue weighted by molar-refractivity contribution is 0.0719. The van der Waals surface area contributed by atoms with E-state index < -0.39 is 37.6 Å². The first-order valence-corrected chi connectivity index (χ1v) is 34.6. The summed E-state index contributed by atoms with van der Waals surface area (Å²) in [7, 11) is -1.63. The van der Waals surface area contributed by atoms with Gasteiger partial charge in [0.15, 0.2) is 21.6 Å². The molecule has 0 radical (unpaired) electrons. The van der Waals surface area contributed by atoms with Crippen LogP contribution in [0.5, 0.6) is 0 Å². The summed E-state index contributed by atoms with van der Waals surface area (Å²) < 4.78 is 63.5. The highest BCUT2D eigenvalue weighted by Gasteiger charge is 2.26. The zero-order valence-electron chi connectivity index (χ0n) is 39.8. The molecule has 368 valence electrons. The summed E-state index contributed by atoms with van der Waals surface area (Å²) in [6.45, 7) is 11.2. The molecule has 0 saturated carbocycles. The molecule has 4 aromatic heterocycles. The molecule has 0 aliphatic carbocycles. The zero-order chi connectivity index (χ0) is 49.6. The van der Waals surface area contributed by atoms with Crippen molar-refractivity contribution in [2.45, 2.75) is 80.6 Å². The summed E-state index contributed by atoms with van der Waals surface area (Å²) in [5.74, 6) is -0.268. The maximum absolute atomic E-state index is 12.7. The highest BCUT2D eigenvalue weighted by atomic mass is 35.5. The van der Waals surface area contributed by atoms with E-state index in [0.29, 0.717) is 90.2 Å². The van der Waals surface area contributed by atoms with Gasteiger partial charge >= 0.3 is 0 Å². The van der Waals surface area contributed by atoms with E-state index in [1.165, 1.54) is 68.1 Å². The minimum Gasteiger partial charge on any atom is -0.359 e. The highest BCUT2D eigenvalue weighted by molar-refractivity contribution is 7.98. The number of halogens is 3. The van der Waals surface area contributed by atoms with E-state index in [2.05, 4.69) is 46.1 Å². The second kappa shape index (κ2) is 26.5. The summed E-state index contributed by atoms with van der Waals surface area (Å²) in [5.41, 5.74) is 4.30. The molecule has 0 N–H and O–H groups in total. The molecule has 6 aromatic rings. The molecule has 67 heavy (non-hydrogen) atoms. The Morgan fingerprint density at radius 1 is 0.642 bits per heavy atom. The summed E-state index contributed by atoms with van der Waals surface area (Å²) in [6.07, 6.45) is 7.02. The van der Waals surface area contributed by atoms with Crippen molar-refractivity contribution < 1.29 is 26.3 Å². The van der Waals surface area contributed by atoms with Gasteiger partial charge in [0.1, 0.15) is 35.8 Å². The normalized spacial score (nSPS) is 12.1. The third-order valence-corrected chi connectivity index (χ3v) is 18.1. The van der Waals surface area contributed by atoms with Crippen molar-refractivity contribution in [2.75, 3.05) is 60.2 Å². The Bertz CT molecular complexity index is 2800. The molecule has 0 spiro atoms. The van der Waals surface area contributed by atoms with Crippen molar-refractivity contribution in [3.63, 3.8) is 0 Å². The molecule has 0 atom stereocenters. The van der Waals surface area contributed by atoms with Gasteiger partial charge in [0, 0.05) is 70.1 Å². The van der Waals surface area contributed by atoms with Gasteiger partial charge in [-0.05, 0) is 37.5 Å². The van der Waals surface area contributed by atoms with Gasteiger partial charge in [0.2, 0.25) is 20.0 Å². The van der Waals surface area contributed by atoms with Crippen LogP contribution in [0.4, 0.5) is 0 Å². The molecule has 6 rings (SSSR count). The van der Waals surface area contributed by atoms with E-state index in [4.69, 9.17) is 54.5 Å². The molecular formula is C42H61Cl3N10O6S4Si2. The predicted molar refractivity (Wildman–Crippen MR) is 283 cm³/mol. The second-order valence-electron chi connectivity index (χ2n) is 16.4. The Morgan fingerprint density at radius 3 is 1.46 bits per heavy atom. The maximum atomic E-state index is 12.7. The monoisotopic (exact) mass is 1090 g/mol. The Balaban J connectivity index is 0.000000260. The Kier molecular flexibility index (Phi) is 22.5. The van der Waals surface area contributed by atoms with E-state index in [1.54, 1.807) is 15.4 Å². The number of aromatic nitrogens is 8. The average molecular weight is 1090 g/mol. The van der Waals surface area contributed by atoms with Crippen molar-refractivity contribution >= 4 is 118 Å². The van der Waals surface area contributed by atoms with E-state index in [-0.39, 0.29) is 12.5 Å². The summed E-state index contributed by atoms with van der Waals surface area (Å²) in [5, 5.41) is 13.3. The van der Waals surface area contributed by atoms with E-state index in [9.17, 15) is 16.8 Å². The number of hydrogen-bond donors (Lipinski definition) is 0. The first kappa shape index (κ1) is 56.9. The van der Waals surface area contributed by atoms with Crippen LogP contribution >= 0.6 is 58.3 Å². The van der Waals surface area contributed by atoms with Crippen LogP contribution in [0.15, 0.2) is 58.8 Å².